The molecule has 0 aliphatic heterocycles. The number of fused-ring (bicyclic) bond motifs is 1. The van der Waals surface area contributed by atoms with Crippen molar-refractivity contribution in [1.29, 1.82) is 0 Å². The van der Waals surface area contributed by atoms with Crippen LogP contribution >= 0.6 is 0 Å². The molecule has 1 atom stereocenters. The van der Waals surface area contributed by atoms with Crippen LogP contribution in [0.25, 0.3) is 10.9 Å². The number of rotatable bonds is 5. The molecule has 2 heterocycles. The van der Waals surface area contributed by atoms with Gasteiger partial charge in [0.05, 0.1) is 29.8 Å². The van der Waals surface area contributed by atoms with Crippen molar-refractivity contribution < 1.29 is 14.4 Å². The molecule has 4 rings (SSSR count). The molecule has 2 aromatic heterocycles. The molecule has 1 fully saturated rings. The van der Waals surface area contributed by atoms with E-state index in [2.05, 4.69) is 21.5 Å². The van der Waals surface area contributed by atoms with Gasteiger partial charge in [0, 0.05) is 17.6 Å². The number of amides is 1. The van der Waals surface area contributed by atoms with Crippen LogP contribution in [-0.2, 0) is 11.2 Å². The predicted octanol–water partition coefficient (Wildman–Crippen LogP) is 2.70. The van der Waals surface area contributed by atoms with Gasteiger partial charge in [-0.05, 0) is 43.4 Å². The minimum absolute atomic E-state index is 0.124. The molecule has 0 radical (unpaired) electrons. The predicted molar refractivity (Wildman–Crippen MR) is 96.3 cm³/mol. The van der Waals surface area contributed by atoms with Crippen LogP contribution in [0, 0.1) is 12.8 Å². The van der Waals surface area contributed by atoms with Gasteiger partial charge in [-0.3, -0.25) is 9.78 Å². The highest BCUT2D eigenvalue weighted by Gasteiger charge is 2.36. The molecule has 1 unspecified atom stereocenters. The van der Waals surface area contributed by atoms with Crippen molar-refractivity contribution in [3.05, 3.63) is 59.6 Å². The summed E-state index contributed by atoms with van der Waals surface area (Å²) in [5.74, 6) is 0.623. The maximum absolute atomic E-state index is 12.5. The van der Waals surface area contributed by atoms with Crippen LogP contribution in [0.15, 0.2) is 47.1 Å². The Labute approximate surface area is 151 Å². The third-order valence-electron chi connectivity index (χ3n) is 4.92. The molecular formula is C20H21N3O3. The molecular weight excluding hydrogens is 330 g/mol. The molecule has 1 saturated carbocycles. The molecule has 2 N–H and O–H groups in total. The highest BCUT2D eigenvalue weighted by atomic mass is 16.5. The van der Waals surface area contributed by atoms with Gasteiger partial charge in [-0.15, -0.1) is 0 Å². The van der Waals surface area contributed by atoms with Crippen LogP contribution in [0.1, 0.15) is 35.9 Å². The molecule has 0 saturated heterocycles. The Morgan fingerprint density at radius 1 is 1.35 bits per heavy atom. The maximum Gasteiger partial charge on any atom is 0.228 e. The number of nitrogens with one attached hydrogen (secondary N) is 1. The van der Waals surface area contributed by atoms with Crippen molar-refractivity contribution in [2.75, 3.05) is 0 Å². The van der Waals surface area contributed by atoms with E-state index in [1.165, 1.54) is 0 Å². The van der Waals surface area contributed by atoms with Gasteiger partial charge in [0.25, 0.3) is 0 Å². The average molecular weight is 351 g/mol. The van der Waals surface area contributed by atoms with Crippen molar-refractivity contribution in [3.63, 3.8) is 0 Å². The normalized spacial score (nSPS) is 20.5. The number of aromatic nitrogens is 2. The lowest BCUT2D eigenvalue weighted by Gasteiger charge is -2.38. The Hall–Kier alpha value is -2.73. The zero-order valence-corrected chi connectivity index (χ0v) is 14.6. The smallest absolute Gasteiger partial charge is 0.228 e. The summed E-state index contributed by atoms with van der Waals surface area (Å²) in [6, 6.07) is 11.6. The van der Waals surface area contributed by atoms with Crippen molar-refractivity contribution in [3.8, 4) is 0 Å². The van der Waals surface area contributed by atoms with E-state index in [0.717, 1.165) is 22.2 Å². The minimum Gasteiger partial charge on any atom is -0.393 e. The lowest BCUT2D eigenvalue weighted by molar-refractivity contribution is -0.122. The number of aliphatic hydroxyl groups is 1. The van der Waals surface area contributed by atoms with Gasteiger partial charge in [0.2, 0.25) is 5.91 Å². The van der Waals surface area contributed by atoms with Gasteiger partial charge in [0.15, 0.2) is 0 Å². The zero-order valence-electron chi connectivity index (χ0n) is 14.6. The fourth-order valence-corrected chi connectivity index (χ4v) is 3.52. The Morgan fingerprint density at radius 3 is 2.88 bits per heavy atom. The molecule has 134 valence electrons. The second-order valence-electron chi connectivity index (χ2n) is 7.00. The topological polar surface area (TPSA) is 88.2 Å². The summed E-state index contributed by atoms with van der Waals surface area (Å²) in [4.78, 5) is 17.0. The van der Waals surface area contributed by atoms with Crippen LogP contribution < -0.4 is 5.32 Å². The number of para-hydroxylation sites is 1. The Balaban J connectivity index is 1.56. The number of nitrogens with zero attached hydrogens (tertiary/aromatic N) is 2. The van der Waals surface area contributed by atoms with Gasteiger partial charge in [-0.2, -0.15) is 0 Å². The zero-order chi connectivity index (χ0) is 18.1. The van der Waals surface area contributed by atoms with E-state index >= 15 is 0 Å². The van der Waals surface area contributed by atoms with Gasteiger partial charge in [0.1, 0.15) is 5.76 Å². The second-order valence-corrected chi connectivity index (χ2v) is 7.00. The summed E-state index contributed by atoms with van der Waals surface area (Å²) in [5.41, 5.74) is 2.64. The third kappa shape index (κ3) is 3.46. The Morgan fingerprint density at radius 2 is 2.15 bits per heavy atom. The summed E-state index contributed by atoms with van der Waals surface area (Å²) >= 11 is 0. The first kappa shape index (κ1) is 16.7. The Kier molecular flexibility index (Phi) is 4.42. The molecule has 1 amide bonds. The first-order chi connectivity index (χ1) is 12.6. The number of hydrogen-bond donors (Lipinski definition) is 2. The first-order valence-corrected chi connectivity index (χ1v) is 8.83. The molecule has 0 bridgehead atoms. The van der Waals surface area contributed by atoms with E-state index in [0.29, 0.717) is 18.6 Å². The molecule has 26 heavy (non-hydrogen) atoms. The number of benzene rings is 1. The molecule has 1 aromatic carbocycles. The number of hydrogen-bond acceptors (Lipinski definition) is 5. The molecule has 6 nitrogen and oxygen atoms in total. The van der Waals surface area contributed by atoms with Crippen molar-refractivity contribution in [2.24, 2.45) is 5.92 Å². The maximum atomic E-state index is 12.5. The number of aryl methyl sites for hydroxylation is 1. The SMILES string of the molecule is Cc1cc(CC(=O)NC(c2cnc3ccccc3c2)C2CC(O)C2)on1. The molecule has 6 heteroatoms. The lowest BCUT2D eigenvalue weighted by atomic mass is 9.75. The van der Waals surface area contributed by atoms with Crippen molar-refractivity contribution in [1.82, 2.24) is 15.5 Å². The molecule has 3 aromatic rings. The summed E-state index contributed by atoms with van der Waals surface area (Å²) in [7, 11) is 0. The fourth-order valence-electron chi connectivity index (χ4n) is 3.52. The number of aliphatic hydroxyl groups excluding tert-OH is 1. The number of pyridine rings is 1. The van der Waals surface area contributed by atoms with E-state index < -0.39 is 0 Å². The standard InChI is InChI=1S/C20H21N3O3/c1-12-6-17(26-23-12)10-19(25)22-20(14-8-16(24)9-14)15-7-13-4-2-3-5-18(13)21-11-15/h2-7,11,14,16,20,24H,8-10H2,1H3,(H,22,25). The van der Waals surface area contributed by atoms with Gasteiger partial charge < -0.3 is 14.9 Å². The van der Waals surface area contributed by atoms with Crippen molar-refractivity contribution in [2.45, 2.75) is 38.3 Å². The van der Waals surface area contributed by atoms with E-state index in [4.69, 9.17) is 4.52 Å². The van der Waals surface area contributed by atoms with Crippen LogP contribution in [0.3, 0.4) is 0 Å². The van der Waals surface area contributed by atoms with Crippen LogP contribution in [-0.4, -0.2) is 27.3 Å². The molecule has 1 aliphatic rings. The van der Waals surface area contributed by atoms with Gasteiger partial charge in [-0.1, -0.05) is 23.4 Å². The summed E-state index contributed by atoms with van der Waals surface area (Å²) < 4.78 is 5.13. The van der Waals surface area contributed by atoms with E-state index in [9.17, 15) is 9.90 Å². The highest BCUT2D eigenvalue weighted by Crippen LogP contribution is 2.38. The van der Waals surface area contributed by atoms with E-state index in [1.54, 1.807) is 6.07 Å². The van der Waals surface area contributed by atoms with E-state index in [-0.39, 0.29) is 30.4 Å². The molecule has 0 spiro atoms. The number of carbonyl (C=O) groups is 1. The monoisotopic (exact) mass is 351 g/mol. The summed E-state index contributed by atoms with van der Waals surface area (Å²) in [6.07, 6.45) is 3.03. The van der Waals surface area contributed by atoms with E-state index in [1.807, 2.05) is 37.4 Å². The Bertz CT molecular complexity index is 931. The van der Waals surface area contributed by atoms with Crippen LogP contribution in [0.5, 0.6) is 0 Å². The van der Waals surface area contributed by atoms with Gasteiger partial charge >= 0.3 is 0 Å². The molecule has 1 aliphatic carbocycles. The largest absolute Gasteiger partial charge is 0.393 e. The van der Waals surface area contributed by atoms with Crippen molar-refractivity contribution >= 4 is 16.8 Å². The minimum atomic E-state index is -0.287. The fraction of sp³-hybridized carbons (Fsp3) is 0.350. The number of carbonyl (C=O) groups excluding carboxylic acids is 1. The summed E-state index contributed by atoms with van der Waals surface area (Å²) in [6.45, 7) is 1.82. The highest BCUT2D eigenvalue weighted by molar-refractivity contribution is 5.80. The second kappa shape index (κ2) is 6.88. The first-order valence-electron chi connectivity index (χ1n) is 8.83. The van der Waals surface area contributed by atoms with Crippen LogP contribution in [0.4, 0.5) is 0 Å². The third-order valence-corrected chi connectivity index (χ3v) is 4.92. The quantitative estimate of drug-likeness (QED) is 0.738. The average Bonchev–Trinajstić information content (AvgIpc) is 3.01. The van der Waals surface area contributed by atoms with Crippen LogP contribution in [0.2, 0.25) is 0 Å². The van der Waals surface area contributed by atoms with Gasteiger partial charge in [-0.25, -0.2) is 0 Å². The lowest BCUT2D eigenvalue weighted by Crippen LogP contribution is -2.41. The summed E-state index contributed by atoms with van der Waals surface area (Å²) in [5, 5.41) is 17.7.